The van der Waals surface area contributed by atoms with Gasteiger partial charge in [0.05, 0.1) is 30.9 Å². The Hall–Kier alpha value is -3.09. The summed E-state index contributed by atoms with van der Waals surface area (Å²) >= 11 is 0. The number of anilines is 1. The zero-order chi connectivity index (χ0) is 26.7. The summed E-state index contributed by atoms with van der Waals surface area (Å²) in [6.07, 6.45) is 3.09. The summed E-state index contributed by atoms with van der Waals surface area (Å²) in [7, 11) is -2.26. The van der Waals surface area contributed by atoms with Crippen molar-refractivity contribution in [2.75, 3.05) is 30.8 Å². The molecule has 2 aromatic rings. The fourth-order valence-electron chi connectivity index (χ4n) is 4.06. The van der Waals surface area contributed by atoms with Crippen molar-refractivity contribution >= 4 is 28.2 Å². The molecule has 0 radical (unpaired) electrons. The number of benzene rings is 1. The molecule has 1 aromatic heterocycles. The second-order valence-corrected chi connectivity index (χ2v) is 11.2. The lowest BCUT2D eigenvalue weighted by molar-refractivity contribution is -0.102. The highest BCUT2D eigenvalue weighted by Gasteiger charge is 2.32. The number of hydrogen-bond donors (Lipinski definition) is 0. The van der Waals surface area contributed by atoms with Crippen molar-refractivity contribution < 1.29 is 36.6 Å². The summed E-state index contributed by atoms with van der Waals surface area (Å²) in [6.45, 7) is 4.84. The number of aromatic nitrogens is 2. The molecule has 2 atom stereocenters. The van der Waals surface area contributed by atoms with E-state index in [1.54, 1.807) is 24.3 Å². The van der Waals surface area contributed by atoms with Crippen LogP contribution in [-0.2, 0) is 29.0 Å². The van der Waals surface area contributed by atoms with Crippen molar-refractivity contribution in [1.82, 2.24) is 9.97 Å². The normalized spacial score (nSPS) is 20.9. The minimum atomic E-state index is -3.63. The van der Waals surface area contributed by atoms with Crippen molar-refractivity contribution in [1.29, 1.82) is 0 Å². The zero-order valence-corrected chi connectivity index (χ0v) is 21.9. The highest BCUT2D eigenvalue weighted by atomic mass is 32.2. The summed E-state index contributed by atoms with van der Waals surface area (Å²) in [5, 5.41) is 0. The molecule has 3 heterocycles. The fourth-order valence-corrected chi connectivity index (χ4v) is 4.44. The van der Waals surface area contributed by atoms with E-state index in [1.165, 1.54) is 19.2 Å². The Morgan fingerprint density at radius 3 is 2.43 bits per heavy atom. The first kappa shape index (κ1) is 27.0. The lowest BCUT2D eigenvalue weighted by atomic mass is 9.97. The average Bonchev–Trinajstić information content (AvgIpc) is 3.34. The van der Waals surface area contributed by atoms with E-state index in [0.717, 1.165) is 10.6 Å². The third-order valence-electron chi connectivity index (χ3n) is 6.04. The molecular weight excluding hydrogens is 505 g/mol. The average molecular weight is 536 g/mol. The minimum Gasteiger partial charge on any atom is -0.431 e. The van der Waals surface area contributed by atoms with Gasteiger partial charge in [0.1, 0.15) is 18.0 Å². The molecule has 4 rings (SSSR count). The molecule has 2 fully saturated rings. The number of cyclic esters (lactones) is 2. The van der Waals surface area contributed by atoms with Gasteiger partial charge in [-0.1, -0.05) is 19.9 Å². The van der Waals surface area contributed by atoms with Crippen LogP contribution in [0.3, 0.4) is 0 Å². The maximum absolute atomic E-state index is 13.7. The summed E-state index contributed by atoms with van der Waals surface area (Å²) in [6, 6.07) is 5.74. The number of carbonyl (C=O) groups excluding carboxylic acids is 1. The summed E-state index contributed by atoms with van der Waals surface area (Å²) in [4.78, 5) is 21.2. The summed E-state index contributed by atoms with van der Waals surface area (Å²) in [5.74, 6) is -0.533. The smallest absolute Gasteiger partial charge is 0.431 e. The molecule has 12 heteroatoms. The number of hydrogen-bond acceptors (Lipinski definition) is 9. The number of halogens is 1. The molecule has 0 spiro atoms. The Morgan fingerprint density at radius 1 is 1.14 bits per heavy atom. The number of rotatable bonds is 8. The zero-order valence-electron chi connectivity index (χ0n) is 21.1. The van der Waals surface area contributed by atoms with Crippen LogP contribution in [0.4, 0.5) is 15.1 Å². The van der Waals surface area contributed by atoms with Crippen LogP contribution in [0.5, 0.6) is 0 Å². The van der Waals surface area contributed by atoms with Crippen molar-refractivity contribution in [3.8, 4) is 11.3 Å². The van der Waals surface area contributed by atoms with E-state index in [1.807, 2.05) is 13.8 Å². The maximum Gasteiger partial charge on any atom is 0.509 e. The van der Waals surface area contributed by atoms with Crippen LogP contribution in [0.2, 0.25) is 0 Å². The van der Waals surface area contributed by atoms with Crippen molar-refractivity contribution in [2.24, 2.45) is 0 Å². The van der Waals surface area contributed by atoms with Crippen LogP contribution in [0.1, 0.15) is 43.9 Å². The van der Waals surface area contributed by atoms with E-state index < -0.39 is 40.5 Å². The maximum atomic E-state index is 13.7. The molecule has 0 unspecified atom stereocenters. The third kappa shape index (κ3) is 6.62. The SMILES string of the molecule is CC(C)c1nc(N(C)S(C)(=O)=O)nc(-c2ccc(F)cc2)c1/C=C/[C@@H]1C[C@H](CC2OCCO2)OC(=O)O1. The van der Waals surface area contributed by atoms with Crippen LogP contribution in [0, 0.1) is 5.82 Å². The molecule has 2 aliphatic heterocycles. The molecule has 0 bridgehead atoms. The Labute approximate surface area is 215 Å². The van der Waals surface area contributed by atoms with E-state index >= 15 is 0 Å². The van der Waals surface area contributed by atoms with Gasteiger partial charge in [0.15, 0.2) is 6.29 Å². The Kier molecular flexibility index (Phi) is 8.10. The van der Waals surface area contributed by atoms with Crippen molar-refractivity contribution in [3.63, 3.8) is 0 Å². The Balaban J connectivity index is 1.72. The van der Waals surface area contributed by atoms with Gasteiger partial charge in [-0.25, -0.2) is 31.9 Å². The topological polar surface area (TPSA) is 117 Å². The molecule has 10 nitrogen and oxygen atoms in total. The quantitative estimate of drug-likeness (QED) is 0.464. The number of sulfonamides is 1. The van der Waals surface area contributed by atoms with E-state index in [0.29, 0.717) is 48.6 Å². The van der Waals surface area contributed by atoms with Gasteiger partial charge < -0.3 is 18.9 Å². The summed E-state index contributed by atoms with van der Waals surface area (Å²) < 4.78 is 60.7. The highest BCUT2D eigenvalue weighted by molar-refractivity contribution is 7.92. The highest BCUT2D eigenvalue weighted by Crippen LogP contribution is 2.32. The first-order valence-electron chi connectivity index (χ1n) is 11.9. The van der Waals surface area contributed by atoms with Gasteiger partial charge in [-0.2, -0.15) is 0 Å². The standard InChI is InChI=1S/C25H30FN3O7S/c1-15(2)22-20(10-9-18-13-19(36-25(30)35-18)14-21-33-11-12-34-21)23(16-5-7-17(26)8-6-16)28-24(27-22)29(3)37(4,31)32/h5-10,15,18-19,21H,11-14H2,1-4H3/b10-9+/t18-,19-/m1/s1. The molecule has 0 saturated carbocycles. The monoisotopic (exact) mass is 535 g/mol. The summed E-state index contributed by atoms with van der Waals surface area (Å²) in [5.41, 5.74) is 2.18. The predicted molar refractivity (Wildman–Crippen MR) is 134 cm³/mol. The van der Waals surface area contributed by atoms with Crippen molar-refractivity contribution in [3.05, 3.63) is 47.4 Å². The van der Waals surface area contributed by atoms with E-state index in [2.05, 4.69) is 9.97 Å². The van der Waals surface area contributed by atoms with Crippen LogP contribution < -0.4 is 4.31 Å². The second-order valence-electron chi connectivity index (χ2n) is 9.21. The van der Waals surface area contributed by atoms with Gasteiger partial charge in [0.25, 0.3) is 0 Å². The third-order valence-corrected chi connectivity index (χ3v) is 7.19. The second kappa shape index (κ2) is 11.1. The first-order chi connectivity index (χ1) is 17.5. The van der Waals surface area contributed by atoms with Crippen LogP contribution in [-0.4, -0.2) is 69.6 Å². The molecule has 0 aliphatic carbocycles. The van der Waals surface area contributed by atoms with Gasteiger partial charge in [-0.05, 0) is 36.3 Å². The van der Waals surface area contributed by atoms with Crippen LogP contribution in [0.25, 0.3) is 17.3 Å². The largest absolute Gasteiger partial charge is 0.509 e. The van der Waals surface area contributed by atoms with Crippen molar-refractivity contribution in [2.45, 2.75) is 51.1 Å². The molecule has 0 N–H and O–H groups in total. The fraction of sp³-hybridized carbons (Fsp3) is 0.480. The van der Waals surface area contributed by atoms with E-state index in [-0.39, 0.29) is 11.9 Å². The molecule has 200 valence electrons. The number of nitrogens with zero attached hydrogens (tertiary/aromatic N) is 3. The molecule has 1 aromatic carbocycles. The van der Waals surface area contributed by atoms with Crippen LogP contribution in [0.15, 0.2) is 30.3 Å². The van der Waals surface area contributed by atoms with Crippen LogP contribution >= 0.6 is 0 Å². The Bertz CT molecular complexity index is 1260. The van der Waals surface area contributed by atoms with Gasteiger partial charge >= 0.3 is 6.16 Å². The molecule has 2 saturated heterocycles. The van der Waals surface area contributed by atoms with Gasteiger partial charge in [-0.3, -0.25) is 0 Å². The lowest BCUT2D eigenvalue weighted by Gasteiger charge is -2.28. The van der Waals surface area contributed by atoms with Gasteiger partial charge in [0.2, 0.25) is 16.0 Å². The van der Waals surface area contributed by atoms with E-state index in [4.69, 9.17) is 18.9 Å². The van der Waals surface area contributed by atoms with Gasteiger partial charge in [0, 0.05) is 31.0 Å². The minimum absolute atomic E-state index is 0.00297. The van der Waals surface area contributed by atoms with Gasteiger partial charge in [-0.15, -0.1) is 0 Å². The molecule has 0 amide bonds. The predicted octanol–water partition coefficient (Wildman–Crippen LogP) is 3.87. The number of carbonyl (C=O) groups is 1. The molecule has 2 aliphatic rings. The molecular formula is C25H30FN3O7S. The Morgan fingerprint density at radius 2 is 1.81 bits per heavy atom. The molecule has 37 heavy (non-hydrogen) atoms. The number of ether oxygens (including phenoxy) is 4. The lowest BCUT2D eigenvalue weighted by Crippen LogP contribution is -2.35. The first-order valence-corrected chi connectivity index (χ1v) is 13.8. The van der Waals surface area contributed by atoms with E-state index in [9.17, 15) is 17.6 Å².